The lowest BCUT2D eigenvalue weighted by Crippen LogP contribution is -2.49. The first-order chi connectivity index (χ1) is 10.9. The molecule has 0 saturated carbocycles. The third-order valence-corrected chi connectivity index (χ3v) is 3.75. The van der Waals surface area contributed by atoms with Crippen LogP contribution in [0.3, 0.4) is 0 Å². The number of non-ortho nitro benzene ring substituents is 1. The van der Waals surface area contributed by atoms with Crippen LogP contribution in [0.15, 0.2) is 18.2 Å². The summed E-state index contributed by atoms with van der Waals surface area (Å²) in [6, 6.07) is 3.67. The Hall–Kier alpha value is -2.19. The summed E-state index contributed by atoms with van der Waals surface area (Å²) in [4.78, 5) is 37.6. The van der Waals surface area contributed by atoms with E-state index in [9.17, 15) is 19.7 Å². The Kier molecular flexibility index (Phi) is 5.51. The van der Waals surface area contributed by atoms with Crippen molar-refractivity contribution in [3.05, 3.63) is 38.9 Å². The maximum atomic E-state index is 12.4. The Morgan fingerprint density at radius 1 is 1.35 bits per heavy atom. The van der Waals surface area contributed by atoms with Crippen molar-refractivity contribution < 1.29 is 14.5 Å². The normalized spacial score (nSPS) is 14.4. The average Bonchev–Trinajstić information content (AvgIpc) is 2.54. The van der Waals surface area contributed by atoms with Crippen LogP contribution < -0.4 is 5.32 Å². The van der Waals surface area contributed by atoms with Crippen molar-refractivity contribution in [2.75, 3.05) is 39.8 Å². The van der Waals surface area contributed by atoms with Gasteiger partial charge in [0, 0.05) is 55.9 Å². The largest absolute Gasteiger partial charge is 0.339 e. The minimum Gasteiger partial charge on any atom is -0.339 e. The van der Waals surface area contributed by atoms with Gasteiger partial charge in [-0.15, -0.1) is 0 Å². The molecule has 1 N–H and O–H groups in total. The van der Waals surface area contributed by atoms with E-state index in [4.69, 9.17) is 11.6 Å². The molecule has 0 aromatic heterocycles. The van der Waals surface area contributed by atoms with Crippen molar-refractivity contribution in [3.8, 4) is 0 Å². The third-order valence-electron chi connectivity index (χ3n) is 3.53. The number of rotatable bonds is 4. The summed E-state index contributed by atoms with van der Waals surface area (Å²) in [5.41, 5.74) is -0.178. The second-order valence-corrected chi connectivity index (χ2v) is 5.68. The minimum atomic E-state index is -0.617. The number of carbonyl (C=O) groups excluding carboxylic acids is 2. The van der Waals surface area contributed by atoms with Gasteiger partial charge in [-0.2, -0.15) is 0 Å². The number of amides is 2. The van der Waals surface area contributed by atoms with Crippen LogP contribution in [0, 0.1) is 10.1 Å². The zero-order valence-corrected chi connectivity index (χ0v) is 13.4. The van der Waals surface area contributed by atoms with Crippen molar-refractivity contribution in [1.29, 1.82) is 0 Å². The fourth-order valence-electron chi connectivity index (χ4n) is 2.31. The van der Waals surface area contributed by atoms with Crippen LogP contribution >= 0.6 is 11.6 Å². The third kappa shape index (κ3) is 4.40. The summed E-state index contributed by atoms with van der Waals surface area (Å²) in [7, 11) is 1.48. The molecule has 1 aromatic rings. The van der Waals surface area contributed by atoms with Crippen LogP contribution in [-0.2, 0) is 4.79 Å². The first-order valence-electron chi connectivity index (χ1n) is 7.07. The van der Waals surface area contributed by atoms with Crippen molar-refractivity contribution in [1.82, 2.24) is 15.1 Å². The molecule has 1 aliphatic heterocycles. The molecule has 1 aliphatic rings. The SMILES string of the molecule is CN(CC(=O)N1CCNCC1)C(=O)c1cc(Cl)cc([N+](=O)[O-])c1. The van der Waals surface area contributed by atoms with Gasteiger partial charge in [-0.05, 0) is 6.07 Å². The highest BCUT2D eigenvalue weighted by atomic mass is 35.5. The summed E-state index contributed by atoms with van der Waals surface area (Å²) in [6.07, 6.45) is 0. The highest BCUT2D eigenvalue weighted by Gasteiger charge is 2.22. The van der Waals surface area contributed by atoms with Gasteiger partial charge >= 0.3 is 0 Å². The number of nitrogens with zero attached hydrogens (tertiary/aromatic N) is 3. The van der Waals surface area contributed by atoms with Crippen molar-refractivity contribution in [2.45, 2.75) is 0 Å². The predicted octanol–water partition coefficient (Wildman–Crippen LogP) is 0.752. The number of hydrogen-bond acceptors (Lipinski definition) is 5. The zero-order chi connectivity index (χ0) is 17.0. The van der Waals surface area contributed by atoms with E-state index in [1.165, 1.54) is 24.1 Å². The number of nitrogens with one attached hydrogen (secondary N) is 1. The lowest BCUT2D eigenvalue weighted by atomic mass is 10.1. The molecule has 0 unspecified atom stereocenters. The smallest absolute Gasteiger partial charge is 0.271 e. The van der Waals surface area contributed by atoms with E-state index < -0.39 is 10.8 Å². The number of nitro groups is 1. The molecular weight excluding hydrogens is 324 g/mol. The molecule has 0 radical (unpaired) electrons. The van der Waals surface area contributed by atoms with Crippen LogP contribution in [0.1, 0.15) is 10.4 Å². The number of piperazine rings is 1. The highest BCUT2D eigenvalue weighted by Crippen LogP contribution is 2.21. The molecule has 1 aromatic carbocycles. The van der Waals surface area contributed by atoms with Crippen LogP contribution in [-0.4, -0.2) is 66.3 Å². The molecular formula is C14H17ClN4O4. The van der Waals surface area contributed by atoms with Gasteiger partial charge in [0.15, 0.2) is 0 Å². The summed E-state index contributed by atoms with van der Waals surface area (Å²) in [5.74, 6) is -0.641. The molecule has 0 bridgehead atoms. The molecule has 2 amide bonds. The summed E-state index contributed by atoms with van der Waals surface area (Å²) < 4.78 is 0. The van der Waals surface area contributed by atoms with Gasteiger partial charge in [0.1, 0.15) is 0 Å². The van der Waals surface area contributed by atoms with Gasteiger partial charge in [-0.3, -0.25) is 19.7 Å². The van der Waals surface area contributed by atoms with E-state index in [1.54, 1.807) is 4.90 Å². The number of carbonyl (C=O) groups is 2. The second-order valence-electron chi connectivity index (χ2n) is 5.25. The Morgan fingerprint density at radius 2 is 2.00 bits per heavy atom. The standard InChI is InChI=1S/C14H17ClN4O4/c1-17(9-13(20)18-4-2-16-3-5-18)14(21)10-6-11(15)8-12(7-10)19(22)23/h6-8,16H,2-5,9H2,1H3. The van der Waals surface area contributed by atoms with E-state index in [-0.39, 0.29) is 28.7 Å². The van der Waals surface area contributed by atoms with Gasteiger partial charge in [0.25, 0.3) is 11.6 Å². The van der Waals surface area contributed by atoms with E-state index in [0.29, 0.717) is 13.1 Å². The molecule has 2 rings (SSSR count). The first-order valence-corrected chi connectivity index (χ1v) is 7.45. The van der Waals surface area contributed by atoms with Crippen LogP contribution in [0.25, 0.3) is 0 Å². The Labute approximate surface area is 138 Å². The second kappa shape index (κ2) is 7.38. The summed E-state index contributed by atoms with van der Waals surface area (Å²) in [6.45, 7) is 2.57. The Bertz CT molecular complexity index is 631. The molecule has 1 heterocycles. The molecule has 124 valence electrons. The van der Waals surface area contributed by atoms with Gasteiger partial charge in [0.05, 0.1) is 11.5 Å². The highest BCUT2D eigenvalue weighted by molar-refractivity contribution is 6.31. The van der Waals surface area contributed by atoms with Crippen molar-refractivity contribution in [2.24, 2.45) is 0 Å². The molecule has 1 saturated heterocycles. The van der Waals surface area contributed by atoms with Crippen LogP contribution in [0.2, 0.25) is 5.02 Å². The van der Waals surface area contributed by atoms with E-state index in [2.05, 4.69) is 5.32 Å². The fraction of sp³-hybridized carbons (Fsp3) is 0.429. The molecule has 23 heavy (non-hydrogen) atoms. The van der Waals surface area contributed by atoms with E-state index >= 15 is 0 Å². The Balaban J connectivity index is 2.07. The van der Waals surface area contributed by atoms with E-state index in [0.717, 1.165) is 19.2 Å². The quantitative estimate of drug-likeness (QED) is 0.644. The Morgan fingerprint density at radius 3 is 2.61 bits per heavy atom. The number of hydrogen-bond donors (Lipinski definition) is 1. The van der Waals surface area contributed by atoms with Crippen LogP contribution in [0.4, 0.5) is 5.69 Å². The lowest BCUT2D eigenvalue weighted by Gasteiger charge is -2.29. The van der Waals surface area contributed by atoms with E-state index in [1.807, 2.05) is 0 Å². The van der Waals surface area contributed by atoms with Gasteiger partial charge in [-0.25, -0.2) is 0 Å². The van der Waals surface area contributed by atoms with Gasteiger partial charge in [-0.1, -0.05) is 11.6 Å². The fourth-order valence-corrected chi connectivity index (χ4v) is 2.54. The van der Waals surface area contributed by atoms with Gasteiger partial charge < -0.3 is 15.1 Å². The molecule has 9 heteroatoms. The summed E-state index contributed by atoms with van der Waals surface area (Å²) >= 11 is 5.81. The maximum Gasteiger partial charge on any atom is 0.271 e. The molecule has 0 spiro atoms. The predicted molar refractivity (Wildman–Crippen MR) is 84.5 cm³/mol. The zero-order valence-electron chi connectivity index (χ0n) is 12.6. The van der Waals surface area contributed by atoms with Crippen LogP contribution in [0.5, 0.6) is 0 Å². The number of benzene rings is 1. The average molecular weight is 341 g/mol. The molecule has 8 nitrogen and oxygen atoms in total. The molecule has 0 aliphatic carbocycles. The minimum absolute atomic E-state index is 0.0832. The number of nitro benzene ring substituents is 1. The number of halogens is 1. The first kappa shape index (κ1) is 17.2. The summed E-state index contributed by atoms with van der Waals surface area (Å²) in [5, 5.41) is 14.1. The van der Waals surface area contributed by atoms with Crippen molar-refractivity contribution >= 4 is 29.1 Å². The maximum absolute atomic E-state index is 12.4. The topological polar surface area (TPSA) is 95.8 Å². The monoisotopic (exact) mass is 340 g/mol. The lowest BCUT2D eigenvalue weighted by molar-refractivity contribution is -0.384. The number of likely N-dealkylation sites (N-methyl/N-ethyl adjacent to an activating group) is 1. The molecule has 0 atom stereocenters. The molecule has 1 fully saturated rings. The van der Waals surface area contributed by atoms with Gasteiger partial charge in [0.2, 0.25) is 5.91 Å². The van der Waals surface area contributed by atoms with Crippen molar-refractivity contribution in [3.63, 3.8) is 0 Å².